The Morgan fingerprint density at radius 1 is 0.500 bits per heavy atom. The summed E-state index contributed by atoms with van der Waals surface area (Å²) >= 11 is 0. The minimum absolute atomic E-state index is 0.0818. The molecule has 2 rings (SSSR count). The van der Waals surface area contributed by atoms with Crippen molar-refractivity contribution in [3.63, 3.8) is 0 Å². The lowest BCUT2D eigenvalue weighted by atomic mass is 9.46. The van der Waals surface area contributed by atoms with E-state index in [1.165, 1.54) is 141 Å². The highest BCUT2D eigenvalue weighted by molar-refractivity contribution is 6.15. The van der Waals surface area contributed by atoms with E-state index in [0.29, 0.717) is 5.41 Å². The lowest BCUT2D eigenvalue weighted by Gasteiger charge is -2.49. The van der Waals surface area contributed by atoms with Crippen LogP contribution in [0.1, 0.15) is 155 Å². The quantitative estimate of drug-likeness (QED) is 0.393. The average molecular weight is 387 g/mol. The summed E-state index contributed by atoms with van der Waals surface area (Å²) in [5.41, 5.74) is 0.359. The zero-order chi connectivity index (χ0) is 20.1. The summed E-state index contributed by atoms with van der Waals surface area (Å²) in [6.07, 6.45) is 31.0. The van der Waals surface area contributed by atoms with Gasteiger partial charge in [-0.05, 0) is 24.2 Å². The van der Waals surface area contributed by atoms with E-state index in [9.17, 15) is 0 Å². The van der Waals surface area contributed by atoms with Crippen molar-refractivity contribution in [3.05, 3.63) is 0 Å². The van der Waals surface area contributed by atoms with E-state index in [1.807, 2.05) is 0 Å². The van der Waals surface area contributed by atoms with Crippen molar-refractivity contribution >= 4 is 7.85 Å². The van der Waals surface area contributed by atoms with E-state index in [-0.39, 0.29) is 5.31 Å². The monoisotopic (exact) mass is 386 g/mol. The van der Waals surface area contributed by atoms with Gasteiger partial charge in [-0.25, -0.2) is 0 Å². The minimum atomic E-state index is 0.0818. The molecule has 2 saturated carbocycles. The highest BCUT2D eigenvalue weighted by atomic mass is 14.4. The van der Waals surface area contributed by atoms with Gasteiger partial charge in [-0.15, -0.1) is 0 Å². The first-order valence-corrected chi connectivity index (χ1v) is 13.3. The number of hydrogen-bond donors (Lipinski definition) is 0. The third-order valence-corrected chi connectivity index (χ3v) is 8.55. The molecule has 0 aromatic rings. The van der Waals surface area contributed by atoms with Crippen LogP contribution in [0.2, 0.25) is 5.31 Å². The molecule has 0 aromatic carbocycles. The van der Waals surface area contributed by atoms with Gasteiger partial charge in [0.05, 0.1) is 7.85 Å². The van der Waals surface area contributed by atoms with Gasteiger partial charge in [0.2, 0.25) is 0 Å². The second-order valence-electron chi connectivity index (χ2n) is 11.1. The summed E-state index contributed by atoms with van der Waals surface area (Å²) < 4.78 is 0. The second kappa shape index (κ2) is 13.4. The lowest BCUT2D eigenvalue weighted by molar-refractivity contribution is 0.133. The van der Waals surface area contributed by atoms with Crippen LogP contribution in [-0.4, -0.2) is 7.85 Å². The molecule has 0 spiro atoms. The molecule has 2 radical (unpaired) electrons. The van der Waals surface area contributed by atoms with Crippen LogP contribution in [0.15, 0.2) is 0 Å². The average Bonchev–Trinajstić information content (AvgIpc) is 2.69. The maximum Gasteiger partial charge on any atom is 0.0753 e. The molecule has 0 amide bonds. The first-order chi connectivity index (χ1) is 13.6. The van der Waals surface area contributed by atoms with Crippen molar-refractivity contribution < 1.29 is 0 Å². The van der Waals surface area contributed by atoms with Gasteiger partial charge in [0.1, 0.15) is 0 Å². The fraction of sp³-hybridized carbons (Fsp3) is 1.00. The largest absolute Gasteiger partial charge is 0.0753 e. The van der Waals surface area contributed by atoms with Crippen LogP contribution in [-0.2, 0) is 0 Å². The molecule has 0 nitrogen and oxygen atoms in total. The molecular formula is C27H51B. The summed E-state index contributed by atoms with van der Waals surface area (Å²) in [6.45, 7) is 5.07. The predicted octanol–water partition coefficient (Wildman–Crippen LogP) is 9.57. The second-order valence-corrected chi connectivity index (χ2v) is 11.1. The smallest absolute Gasteiger partial charge is 0.0625 e. The van der Waals surface area contributed by atoms with Gasteiger partial charge in [-0.3, -0.25) is 0 Å². The molecule has 0 saturated heterocycles. The summed E-state index contributed by atoms with van der Waals surface area (Å²) in [4.78, 5) is 0. The molecule has 0 aliphatic heterocycles. The molecule has 2 aliphatic rings. The Hall–Kier alpha value is 0.0649. The molecule has 2 aliphatic carbocycles. The molecule has 2 fully saturated rings. The maximum absolute atomic E-state index is 7.39. The Morgan fingerprint density at radius 2 is 0.821 bits per heavy atom. The molecule has 0 aromatic heterocycles. The predicted molar refractivity (Wildman–Crippen MR) is 127 cm³/mol. The molecule has 0 unspecified atom stereocenters. The molecule has 0 N–H and O–H groups in total. The Labute approximate surface area is 179 Å². The Morgan fingerprint density at radius 3 is 1.25 bits per heavy atom. The highest BCUT2D eigenvalue weighted by Crippen LogP contribution is 2.57. The zero-order valence-electron chi connectivity index (χ0n) is 19.7. The Bertz CT molecular complexity index is 360. The Kier molecular flexibility index (Phi) is 11.6. The fourth-order valence-electron chi connectivity index (χ4n) is 6.16. The highest BCUT2D eigenvalue weighted by Gasteiger charge is 2.41. The first-order valence-electron chi connectivity index (χ1n) is 13.3. The standard InChI is InChI=1S/C27H51B/c1-25-19-13-11-15-21-26(2,22-16-12-14-20-25)27(28)23-17-9-7-5-3-4-6-8-10-18-24-27/h25H,3-24H2,1-2H3. The minimum Gasteiger partial charge on any atom is -0.0625 e. The van der Waals surface area contributed by atoms with Gasteiger partial charge in [0.15, 0.2) is 0 Å². The van der Waals surface area contributed by atoms with Gasteiger partial charge in [-0.2, -0.15) is 0 Å². The van der Waals surface area contributed by atoms with Crippen molar-refractivity contribution in [1.82, 2.24) is 0 Å². The van der Waals surface area contributed by atoms with E-state index in [0.717, 1.165) is 5.92 Å². The van der Waals surface area contributed by atoms with Crippen LogP contribution in [0.5, 0.6) is 0 Å². The van der Waals surface area contributed by atoms with Crippen LogP contribution < -0.4 is 0 Å². The topological polar surface area (TPSA) is 0 Å². The van der Waals surface area contributed by atoms with Crippen LogP contribution in [0.25, 0.3) is 0 Å². The van der Waals surface area contributed by atoms with Crippen LogP contribution >= 0.6 is 0 Å². The van der Waals surface area contributed by atoms with Crippen molar-refractivity contribution in [2.75, 3.05) is 0 Å². The SMILES string of the molecule is [B]C1(C2(C)CCCCCC(C)CCCCC2)CCCCCCCCCCCC1. The zero-order valence-corrected chi connectivity index (χ0v) is 19.7. The molecule has 28 heavy (non-hydrogen) atoms. The third kappa shape index (κ3) is 8.43. The summed E-state index contributed by atoms with van der Waals surface area (Å²) in [6, 6.07) is 0. The van der Waals surface area contributed by atoms with Gasteiger partial charge in [-0.1, -0.05) is 148 Å². The van der Waals surface area contributed by atoms with Gasteiger partial charge in [0.25, 0.3) is 0 Å². The van der Waals surface area contributed by atoms with Gasteiger partial charge >= 0.3 is 0 Å². The normalized spacial score (nSPS) is 33.3. The number of hydrogen-bond acceptors (Lipinski definition) is 0. The van der Waals surface area contributed by atoms with Crippen LogP contribution in [0.4, 0.5) is 0 Å². The Balaban J connectivity index is 2.02. The number of rotatable bonds is 1. The van der Waals surface area contributed by atoms with Gasteiger partial charge in [0, 0.05) is 0 Å². The van der Waals surface area contributed by atoms with Crippen LogP contribution in [0, 0.1) is 11.3 Å². The van der Waals surface area contributed by atoms with Gasteiger partial charge < -0.3 is 0 Å². The molecule has 0 heterocycles. The fourth-order valence-corrected chi connectivity index (χ4v) is 6.16. The molecule has 0 bridgehead atoms. The van der Waals surface area contributed by atoms with Crippen LogP contribution in [0.3, 0.4) is 0 Å². The lowest BCUT2D eigenvalue weighted by Crippen LogP contribution is -2.35. The molecule has 0 atom stereocenters. The molecule has 1 heteroatoms. The summed E-state index contributed by atoms with van der Waals surface area (Å²) in [7, 11) is 7.39. The van der Waals surface area contributed by atoms with E-state index in [1.54, 1.807) is 0 Å². The molecule has 162 valence electrons. The van der Waals surface area contributed by atoms with Crippen molar-refractivity contribution in [1.29, 1.82) is 0 Å². The first kappa shape index (κ1) is 24.3. The van der Waals surface area contributed by atoms with E-state index in [4.69, 9.17) is 7.85 Å². The summed E-state index contributed by atoms with van der Waals surface area (Å²) in [5, 5.41) is 0.0818. The van der Waals surface area contributed by atoms with Crippen molar-refractivity contribution in [2.45, 2.75) is 160 Å². The van der Waals surface area contributed by atoms with E-state index < -0.39 is 0 Å². The maximum atomic E-state index is 7.39. The molecular weight excluding hydrogens is 335 g/mol. The third-order valence-electron chi connectivity index (χ3n) is 8.55. The van der Waals surface area contributed by atoms with Crippen molar-refractivity contribution in [3.8, 4) is 0 Å². The summed E-state index contributed by atoms with van der Waals surface area (Å²) in [5.74, 6) is 0.946. The van der Waals surface area contributed by atoms with E-state index >= 15 is 0 Å². The van der Waals surface area contributed by atoms with Crippen molar-refractivity contribution in [2.24, 2.45) is 11.3 Å². The van der Waals surface area contributed by atoms with E-state index in [2.05, 4.69) is 13.8 Å².